The van der Waals surface area contributed by atoms with Crippen LogP contribution in [-0.2, 0) is 11.3 Å². The summed E-state index contributed by atoms with van der Waals surface area (Å²) in [6, 6.07) is 23.7. The van der Waals surface area contributed by atoms with Gasteiger partial charge in [0.25, 0.3) is 0 Å². The molecule has 0 saturated heterocycles. The molecule has 0 aliphatic carbocycles. The van der Waals surface area contributed by atoms with E-state index in [1.54, 1.807) is 31.2 Å². The lowest BCUT2D eigenvalue weighted by Crippen LogP contribution is -2.25. The second-order valence-electron chi connectivity index (χ2n) is 6.54. The van der Waals surface area contributed by atoms with Crippen molar-refractivity contribution in [2.45, 2.75) is 26.6 Å². The maximum Gasteiger partial charge on any atom is 0.339 e. The van der Waals surface area contributed by atoms with Crippen LogP contribution in [0.5, 0.6) is 5.75 Å². The summed E-state index contributed by atoms with van der Waals surface area (Å²) in [4.78, 5) is 25.2. The molecule has 0 aliphatic rings. The first-order chi connectivity index (χ1) is 13.5. The molecule has 0 heterocycles. The van der Waals surface area contributed by atoms with Crippen molar-refractivity contribution in [3.63, 3.8) is 0 Å². The van der Waals surface area contributed by atoms with Gasteiger partial charge in [-0.25, -0.2) is 4.79 Å². The number of benzene rings is 3. The lowest BCUT2D eigenvalue weighted by atomic mass is 10.1. The van der Waals surface area contributed by atoms with Crippen molar-refractivity contribution in [2.24, 2.45) is 0 Å². The van der Waals surface area contributed by atoms with Crippen LogP contribution in [0.1, 0.15) is 38.8 Å². The molecule has 1 unspecified atom stereocenters. The molecule has 3 aromatic carbocycles. The van der Waals surface area contributed by atoms with Crippen LogP contribution in [0.3, 0.4) is 0 Å². The standard InChI is InChI=1S/C24H22O4/c1-17-12-14-19(15-13-17)23(25)18(2)28-24(26)22-11-7-6-8-20(22)16-27-21-9-4-3-5-10-21/h3-15,18H,16H2,1-2H3. The van der Waals surface area contributed by atoms with Gasteiger partial charge in [0.2, 0.25) is 5.78 Å². The molecule has 0 N–H and O–H groups in total. The maximum absolute atomic E-state index is 12.6. The second kappa shape index (κ2) is 9.00. The maximum atomic E-state index is 12.6. The van der Waals surface area contributed by atoms with Gasteiger partial charge in [-0.15, -0.1) is 0 Å². The van der Waals surface area contributed by atoms with E-state index in [-0.39, 0.29) is 12.4 Å². The van der Waals surface area contributed by atoms with Crippen LogP contribution in [0.15, 0.2) is 78.9 Å². The van der Waals surface area contributed by atoms with Crippen molar-refractivity contribution in [1.29, 1.82) is 0 Å². The Bertz CT molecular complexity index is 946. The first kappa shape index (κ1) is 19.4. The fourth-order valence-electron chi connectivity index (χ4n) is 2.75. The Kier molecular flexibility index (Phi) is 6.22. The van der Waals surface area contributed by atoms with Crippen LogP contribution in [0.4, 0.5) is 0 Å². The fraction of sp³-hybridized carbons (Fsp3) is 0.167. The van der Waals surface area contributed by atoms with Gasteiger partial charge in [-0.2, -0.15) is 0 Å². The number of esters is 1. The minimum absolute atomic E-state index is 0.230. The van der Waals surface area contributed by atoms with E-state index in [4.69, 9.17) is 9.47 Å². The summed E-state index contributed by atoms with van der Waals surface area (Å²) in [5.41, 5.74) is 2.67. The zero-order chi connectivity index (χ0) is 19.9. The molecule has 0 aliphatic heterocycles. The Morgan fingerprint density at radius 3 is 2.21 bits per heavy atom. The summed E-state index contributed by atoms with van der Waals surface area (Å²) >= 11 is 0. The quantitative estimate of drug-likeness (QED) is 0.431. The van der Waals surface area contributed by atoms with Crippen LogP contribution in [0.2, 0.25) is 0 Å². The molecular formula is C24H22O4. The second-order valence-corrected chi connectivity index (χ2v) is 6.54. The Labute approximate surface area is 164 Å². The minimum Gasteiger partial charge on any atom is -0.489 e. The topological polar surface area (TPSA) is 52.6 Å². The molecule has 0 spiro atoms. The Balaban J connectivity index is 1.68. The molecule has 28 heavy (non-hydrogen) atoms. The smallest absolute Gasteiger partial charge is 0.339 e. The molecule has 0 saturated carbocycles. The molecular weight excluding hydrogens is 352 g/mol. The lowest BCUT2D eigenvalue weighted by molar-refractivity contribution is 0.0316. The molecule has 1 atom stereocenters. The predicted octanol–water partition coefficient (Wildman–Crippen LogP) is 5.00. The Morgan fingerprint density at radius 1 is 0.857 bits per heavy atom. The van der Waals surface area contributed by atoms with Gasteiger partial charge < -0.3 is 9.47 Å². The number of rotatable bonds is 7. The number of para-hydroxylation sites is 1. The summed E-state index contributed by atoms with van der Waals surface area (Å²) < 4.78 is 11.2. The van der Waals surface area contributed by atoms with E-state index in [1.807, 2.05) is 61.5 Å². The van der Waals surface area contributed by atoms with Crippen molar-refractivity contribution in [1.82, 2.24) is 0 Å². The van der Waals surface area contributed by atoms with E-state index in [0.29, 0.717) is 22.4 Å². The number of carbonyl (C=O) groups is 2. The fourth-order valence-corrected chi connectivity index (χ4v) is 2.75. The summed E-state index contributed by atoms with van der Waals surface area (Å²) in [7, 11) is 0. The summed E-state index contributed by atoms with van der Waals surface area (Å²) in [5.74, 6) is -0.0554. The summed E-state index contributed by atoms with van der Waals surface area (Å²) in [6.07, 6.45) is -0.877. The van der Waals surface area contributed by atoms with Gasteiger partial charge >= 0.3 is 5.97 Å². The highest BCUT2D eigenvalue weighted by Gasteiger charge is 2.22. The van der Waals surface area contributed by atoms with Gasteiger partial charge in [0.1, 0.15) is 12.4 Å². The first-order valence-electron chi connectivity index (χ1n) is 9.12. The normalized spacial score (nSPS) is 11.5. The first-order valence-corrected chi connectivity index (χ1v) is 9.12. The molecule has 3 rings (SSSR count). The van der Waals surface area contributed by atoms with E-state index in [0.717, 1.165) is 5.56 Å². The highest BCUT2D eigenvalue weighted by molar-refractivity contribution is 6.01. The van der Waals surface area contributed by atoms with Crippen molar-refractivity contribution in [2.75, 3.05) is 0 Å². The Hall–Kier alpha value is -3.40. The molecule has 0 fully saturated rings. The average Bonchev–Trinajstić information content (AvgIpc) is 2.73. The molecule has 3 aromatic rings. The molecule has 0 amide bonds. The van der Waals surface area contributed by atoms with Gasteiger partial charge in [-0.05, 0) is 32.0 Å². The van der Waals surface area contributed by atoms with Crippen LogP contribution in [0, 0.1) is 6.92 Å². The van der Waals surface area contributed by atoms with E-state index >= 15 is 0 Å². The number of ketones is 1. The number of aryl methyl sites for hydroxylation is 1. The van der Waals surface area contributed by atoms with Gasteiger partial charge in [0.05, 0.1) is 5.56 Å². The van der Waals surface area contributed by atoms with E-state index < -0.39 is 12.1 Å². The average molecular weight is 374 g/mol. The van der Waals surface area contributed by atoms with Gasteiger partial charge in [-0.1, -0.05) is 66.2 Å². The highest BCUT2D eigenvalue weighted by atomic mass is 16.5. The zero-order valence-corrected chi connectivity index (χ0v) is 15.9. The van der Waals surface area contributed by atoms with E-state index in [1.165, 1.54) is 0 Å². The minimum atomic E-state index is -0.877. The van der Waals surface area contributed by atoms with Crippen LogP contribution in [-0.4, -0.2) is 17.9 Å². The van der Waals surface area contributed by atoms with Crippen LogP contribution >= 0.6 is 0 Å². The molecule has 0 radical (unpaired) electrons. The third-order valence-electron chi connectivity index (χ3n) is 4.36. The zero-order valence-electron chi connectivity index (χ0n) is 15.9. The SMILES string of the molecule is Cc1ccc(C(=O)C(C)OC(=O)c2ccccc2COc2ccccc2)cc1. The number of ether oxygens (including phenoxy) is 2. The molecule has 4 nitrogen and oxygen atoms in total. The van der Waals surface area contributed by atoms with Crippen LogP contribution in [0.25, 0.3) is 0 Å². The third kappa shape index (κ3) is 4.86. The number of carbonyl (C=O) groups excluding carboxylic acids is 2. The largest absolute Gasteiger partial charge is 0.489 e. The predicted molar refractivity (Wildman–Crippen MR) is 108 cm³/mol. The third-order valence-corrected chi connectivity index (χ3v) is 4.36. The van der Waals surface area contributed by atoms with Gasteiger partial charge in [0, 0.05) is 11.1 Å². The van der Waals surface area contributed by atoms with E-state index in [9.17, 15) is 9.59 Å². The number of hydrogen-bond donors (Lipinski definition) is 0. The monoisotopic (exact) mass is 374 g/mol. The summed E-state index contributed by atoms with van der Waals surface area (Å²) in [6.45, 7) is 3.77. The Morgan fingerprint density at radius 2 is 1.50 bits per heavy atom. The van der Waals surface area contributed by atoms with E-state index in [2.05, 4.69) is 0 Å². The number of hydrogen-bond acceptors (Lipinski definition) is 4. The summed E-state index contributed by atoms with van der Waals surface area (Å²) in [5, 5.41) is 0. The molecule has 0 bridgehead atoms. The van der Waals surface area contributed by atoms with Crippen molar-refractivity contribution in [3.8, 4) is 5.75 Å². The molecule has 0 aromatic heterocycles. The molecule has 4 heteroatoms. The highest BCUT2D eigenvalue weighted by Crippen LogP contribution is 2.17. The van der Waals surface area contributed by atoms with Crippen molar-refractivity contribution >= 4 is 11.8 Å². The van der Waals surface area contributed by atoms with Gasteiger partial charge in [-0.3, -0.25) is 4.79 Å². The van der Waals surface area contributed by atoms with Crippen molar-refractivity contribution in [3.05, 3.63) is 101 Å². The van der Waals surface area contributed by atoms with Crippen LogP contribution < -0.4 is 4.74 Å². The lowest BCUT2D eigenvalue weighted by Gasteiger charge is -2.15. The van der Waals surface area contributed by atoms with Crippen molar-refractivity contribution < 1.29 is 19.1 Å². The number of Topliss-reactive ketones (excluding diaryl/α,β-unsaturated/α-hetero) is 1. The van der Waals surface area contributed by atoms with Gasteiger partial charge in [0.15, 0.2) is 6.10 Å². The molecule has 142 valence electrons.